The Balaban J connectivity index is 1.72. The Morgan fingerprint density at radius 2 is 1.72 bits per heavy atom. The molecule has 0 aromatic heterocycles. The van der Waals surface area contributed by atoms with Crippen LogP contribution in [-0.2, 0) is 9.53 Å². The Bertz CT molecular complexity index is 937. The number of rotatable bonds is 7. The predicted octanol–water partition coefficient (Wildman–Crippen LogP) is 4.31. The van der Waals surface area contributed by atoms with Gasteiger partial charge in [-0.2, -0.15) is 0 Å². The fourth-order valence-corrected chi connectivity index (χ4v) is 3.65. The molecule has 2 N–H and O–H groups in total. The minimum absolute atomic E-state index is 0.0792. The van der Waals surface area contributed by atoms with Crippen LogP contribution in [0.15, 0.2) is 53.6 Å². The van der Waals surface area contributed by atoms with Gasteiger partial charge in [-0.1, -0.05) is 67.5 Å². The number of hydrogen-bond donors (Lipinski definition) is 2. The first-order valence-electron chi connectivity index (χ1n) is 9.20. The van der Waals surface area contributed by atoms with E-state index in [2.05, 4.69) is 15.3 Å². The molecule has 0 heterocycles. The molecule has 0 saturated carbocycles. The van der Waals surface area contributed by atoms with E-state index in [-0.39, 0.29) is 19.1 Å². The highest BCUT2D eigenvalue weighted by atomic mass is 16.5. The molecule has 0 unspecified atom stereocenters. The zero-order chi connectivity index (χ0) is 21.0. The van der Waals surface area contributed by atoms with Gasteiger partial charge < -0.3 is 15.2 Å². The van der Waals surface area contributed by atoms with Crippen LogP contribution in [0.3, 0.4) is 0 Å². The Morgan fingerprint density at radius 3 is 2.24 bits per heavy atom. The fourth-order valence-electron chi connectivity index (χ4n) is 3.65. The summed E-state index contributed by atoms with van der Waals surface area (Å²) in [5, 5.41) is 15.3. The van der Waals surface area contributed by atoms with E-state index < -0.39 is 23.5 Å². The van der Waals surface area contributed by atoms with E-state index in [0.717, 1.165) is 22.3 Å². The minimum atomic E-state index is -1.26. The number of aliphatic carboxylic acids is 1. The molecule has 8 heteroatoms. The molecule has 0 spiro atoms. The van der Waals surface area contributed by atoms with Gasteiger partial charge in [0, 0.05) is 22.8 Å². The maximum Gasteiger partial charge on any atom is 0.407 e. The summed E-state index contributed by atoms with van der Waals surface area (Å²) < 4.78 is 5.40. The lowest BCUT2D eigenvalue weighted by atomic mass is 9.84. The first kappa shape index (κ1) is 20.2. The normalized spacial score (nSPS) is 13.6. The van der Waals surface area contributed by atoms with Gasteiger partial charge in [-0.25, -0.2) is 9.59 Å². The highest BCUT2D eigenvalue weighted by Crippen LogP contribution is 2.44. The number of hydrogen-bond acceptors (Lipinski definition) is 4. The Kier molecular flexibility index (Phi) is 5.75. The molecule has 2 aromatic carbocycles. The molecule has 1 aliphatic rings. The number of alkyl carbamates (subject to hydrolysis) is 1. The molecule has 150 valence electrons. The van der Waals surface area contributed by atoms with Crippen LogP contribution in [0.4, 0.5) is 4.79 Å². The van der Waals surface area contributed by atoms with Crippen molar-refractivity contribution in [3.8, 4) is 11.1 Å². The molecule has 1 aliphatic carbocycles. The summed E-state index contributed by atoms with van der Waals surface area (Å²) in [4.78, 5) is 26.6. The van der Waals surface area contributed by atoms with Crippen molar-refractivity contribution in [1.29, 1.82) is 0 Å². The molecule has 0 bridgehead atoms. The molecule has 1 atom stereocenters. The zero-order valence-corrected chi connectivity index (χ0v) is 16.2. The maximum absolute atomic E-state index is 12.4. The number of amides is 1. The van der Waals surface area contributed by atoms with E-state index in [1.807, 2.05) is 48.5 Å². The van der Waals surface area contributed by atoms with Crippen LogP contribution in [0.2, 0.25) is 0 Å². The maximum atomic E-state index is 12.4. The second-order valence-corrected chi connectivity index (χ2v) is 7.62. The number of benzene rings is 2. The molecule has 0 fully saturated rings. The van der Waals surface area contributed by atoms with Crippen molar-refractivity contribution in [2.45, 2.75) is 25.8 Å². The summed E-state index contributed by atoms with van der Waals surface area (Å²) in [5.74, 6) is -1.34. The van der Waals surface area contributed by atoms with Gasteiger partial charge in [0.15, 0.2) is 0 Å². The van der Waals surface area contributed by atoms with Crippen molar-refractivity contribution in [3.05, 3.63) is 70.1 Å². The first-order valence-corrected chi connectivity index (χ1v) is 9.20. The third-order valence-corrected chi connectivity index (χ3v) is 5.18. The van der Waals surface area contributed by atoms with Gasteiger partial charge >= 0.3 is 12.1 Å². The third-order valence-electron chi connectivity index (χ3n) is 5.18. The Hall–Kier alpha value is -3.51. The number of carboxylic acid groups (broad SMARTS) is 1. The average molecular weight is 394 g/mol. The Labute approximate surface area is 168 Å². The standard InChI is InChI=1S/C21H22N4O4/c1-21(2,12-23-25-22)18(19(26)27)24-20(28)29-11-17-15-9-5-3-7-13(15)14-8-4-6-10-16(14)17/h3-10,17-18H,11-12H2,1-2H3,(H,24,28)(H,26,27)/t18-/m0/s1. The van der Waals surface area contributed by atoms with Crippen LogP contribution < -0.4 is 5.32 Å². The highest BCUT2D eigenvalue weighted by Gasteiger charge is 2.37. The van der Waals surface area contributed by atoms with Crippen molar-refractivity contribution in [2.24, 2.45) is 10.5 Å². The molecular formula is C21H22N4O4. The van der Waals surface area contributed by atoms with Crippen LogP contribution >= 0.6 is 0 Å². The van der Waals surface area contributed by atoms with Crippen molar-refractivity contribution < 1.29 is 19.4 Å². The second kappa shape index (κ2) is 8.24. The molecule has 0 aliphatic heterocycles. The van der Waals surface area contributed by atoms with E-state index in [1.165, 1.54) is 0 Å². The van der Waals surface area contributed by atoms with E-state index in [9.17, 15) is 14.7 Å². The van der Waals surface area contributed by atoms with Crippen LogP contribution in [0.1, 0.15) is 30.9 Å². The summed E-state index contributed by atoms with van der Waals surface area (Å²) in [6.45, 7) is 3.21. The second-order valence-electron chi connectivity index (χ2n) is 7.62. The van der Waals surface area contributed by atoms with Gasteiger partial charge in [0.05, 0.1) is 0 Å². The molecule has 3 rings (SSSR count). The third kappa shape index (κ3) is 4.17. The number of azide groups is 1. The quantitative estimate of drug-likeness (QED) is 0.412. The van der Waals surface area contributed by atoms with Crippen LogP contribution in [-0.4, -0.2) is 36.4 Å². The van der Waals surface area contributed by atoms with E-state index in [0.29, 0.717) is 0 Å². The SMILES string of the molecule is CC(C)(CN=[N+]=[N-])[C@@H](NC(=O)OCC1c2ccccc2-c2ccccc21)C(=O)O. The smallest absolute Gasteiger partial charge is 0.407 e. The van der Waals surface area contributed by atoms with Gasteiger partial charge in [-0.3, -0.25) is 0 Å². The average Bonchev–Trinajstić information content (AvgIpc) is 3.02. The largest absolute Gasteiger partial charge is 0.480 e. The molecular weight excluding hydrogens is 372 g/mol. The van der Waals surface area contributed by atoms with E-state index >= 15 is 0 Å². The van der Waals surface area contributed by atoms with Crippen molar-refractivity contribution in [2.75, 3.05) is 13.2 Å². The van der Waals surface area contributed by atoms with E-state index in [1.54, 1.807) is 13.8 Å². The van der Waals surface area contributed by atoms with Gasteiger partial charge in [-0.15, -0.1) is 0 Å². The summed E-state index contributed by atoms with van der Waals surface area (Å²) in [5.41, 5.74) is 11.9. The van der Waals surface area contributed by atoms with Gasteiger partial charge in [0.25, 0.3) is 0 Å². The summed E-state index contributed by atoms with van der Waals surface area (Å²) in [6, 6.07) is 14.6. The molecule has 0 saturated heterocycles. The molecule has 2 aromatic rings. The van der Waals surface area contributed by atoms with Gasteiger partial charge in [-0.05, 0) is 27.8 Å². The van der Waals surface area contributed by atoms with Crippen molar-refractivity contribution in [1.82, 2.24) is 5.32 Å². The lowest BCUT2D eigenvalue weighted by molar-refractivity contribution is -0.142. The van der Waals surface area contributed by atoms with Gasteiger partial charge in [0.1, 0.15) is 12.6 Å². The number of carbonyl (C=O) groups is 2. The van der Waals surface area contributed by atoms with Crippen molar-refractivity contribution in [3.63, 3.8) is 0 Å². The molecule has 8 nitrogen and oxygen atoms in total. The number of nitrogens with one attached hydrogen (secondary N) is 1. The molecule has 0 radical (unpaired) electrons. The zero-order valence-electron chi connectivity index (χ0n) is 16.2. The monoisotopic (exact) mass is 394 g/mol. The summed E-state index contributed by atoms with van der Waals surface area (Å²) in [7, 11) is 0. The number of carbonyl (C=O) groups excluding carboxylic acids is 1. The number of carboxylic acids is 1. The van der Waals surface area contributed by atoms with Crippen molar-refractivity contribution >= 4 is 12.1 Å². The predicted molar refractivity (Wildman–Crippen MR) is 107 cm³/mol. The summed E-state index contributed by atoms with van der Waals surface area (Å²) in [6.07, 6.45) is -0.826. The minimum Gasteiger partial charge on any atom is -0.480 e. The first-order chi connectivity index (χ1) is 13.8. The number of ether oxygens (including phenoxy) is 1. The fraction of sp³-hybridized carbons (Fsp3) is 0.333. The topological polar surface area (TPSA) is 124 Å². The molecule has 29 heavy (non-hydrogen) atoms. The number of fused-ring (bicyclic) bond motifs is 3. The van der Waals surface area contributed by atoms with E-state index in [4.69, 9.17) is 10.3 Å². The lowest BCUT2D eigenvalue weighted by Gasteiger charge is -2.30. The highest BCUT2D eigenvalue weighted by molar-refractivity contribution is 5.81. The molecule has 1 amide bonds. The summed E-state index contributed by atoms with van der Waals surface area (Å²) >= 11 is 0. The van der Waals surface area contributed by atoms with Crippen LogP contribution in [0, 0.1) is 5.41 Å². The Morgan fingerprint density at radius 1 is 1.17 bits per heavy atom. The van der Waals surface area contributed by atoms with Crippen LogP contribution in [0.5, 0.6) is 0 Å². The number of nitrogens with zero attached hydrogens (tertiary/aromatic N) is 3. The van der Waals surface area contributed by atoms with Crippen LogP contribution in [0.25, 0.3) is 21.6 Å². The lowest BCUT2D eigenvalue weighted by Crippen LogP contribution is -2.51. The van der Waals surface area contributed by atoms with Gasteiger partial charge in [0.2, 0.25) is 0 Å².